The van der Waals surface area contributed by atoms with Gasteiger partial charge in [0.1, 0.15) is 11.5 Å². The number of carbonyl (C=O) groups is 2. The number of hydrogen-bond donors (Lipinski definition) is 2. The number of hydrogen-bond acceptors (Lipinski definition) is 4. The molecule has 2 aromatic carbocycles. The van der Waals surface area contributed by atoms with E-state index in [0.717, 1.165) is 6.42 Å². The lowest BCUT2D eigenvalue weighted by atomic mass is 10.1. The van der Waals surface area contributed by atoms with Crippen LogP contribution in [0.25, 0.3) is 0 Å². The second-order valence-electron chi connectivity index (χ2n) is 5.64. The summed E-state index contributed by atoms with van der Waals surface area (Å²) in [5.74, 6) is 0.850. The average molecular weight is 356 g/mol. The molecule has 0 spiro atoms. The van der Waals surface area contributed by atoms with Gasteiger partial charge in [-0.2, -0.15) is 0 Å². The molecule has 0 radical (unpaired) electrons. The van der Waals surface area contributed by atoms with Crippen LogP contribution in [-0.4, -0.2) is 25.5 Å². The first-order chi connectivity index (χ1) is 12.6. The monoisotopic (exact) mass is 356 g/mol. The number of benzene rings is 2. The maximum atomic E-state index is 12.5. The van der Waals surface area contributed by atoms with Gasteiger partial charge in [-0.3, -0.25) is 9.59 Å². The van der Waals surface area contributed by atoms with E-state index in [9.17, 15) is 9.59 Å². The number of rotatable bonds is 8. The van der Waals surface area contributed by atoms with Crippen LogP contribution in [0.3, 0.4) is 0 Å². The zero-order chi connectivity index (χ0) is 18.9. The highest BCUT2D eigenvalue weighted by molar-refractivity contribution is 6.05. The molecule has 26 heavy (non-hydrogen) atoms. The minimum atomic E-state index is -0.274. The number of anilines is 2. The molecule has 0 aliphatic carbocycles. The predicted molar refractivity (Wildman–Crippen MR) is 102 cm³/mol. The van der Waals surface area contributed by atoms with Crippen LogP contribution in [0.15, 0.2) is 42.5 Å². The maximum Gasteiger partial charge on any atom is 0.255 e. The van der Waals surface area contributed by atoms with Gasteiger partial charge < -0.3 is 20.1 Å². The van der Waals surface area contributed by atoms with Crippen LogP contribution in [-0.2, 0) is 4.79 Å². The highest BCUT2D eigenvalue weighted by Crippen LogP contribution is 2.27. The lowest BCUT2D eigenvalue weighted by Crippen LogP contribution is -2.15. The molecular formula is C20H24N2O4. The van der Waals surface area contributed by atoms with E-state index in [-0.39, 0.29) is 11.8 Å². The Morgan fingerprint density at radius 2 is 1.73 bits per heavy atom. The Hall–Kier alpha value is -3.02. The third-order valence-electron chi connectivity index (χ3n) is 3.65. The number of nitrogens with one attached hydrogen (secondary N) is 2. The summed E-state index contributed by atoms with van der Waals surface area (Å²) >= 11 is 0. The number of methoxy groups -OCH3 is 1. The van der Waals surface area contributed by atoms with Crippen molar-refractivity contribution >= 4 is 23.2 Å². The highest BCUT2D eigenvalue weighted by atomic mass is 16.5. The Labute approximate surface area is 153 Å². The van der Waals surface area contributed by atoms with Gasteiger partial charge in [0.05, 0.1) is 19.4 Å². The summed E-state index contributed by atoms with van der Waals surface area (Å²) < 4.78 is 10.8. The van der Waals surface area contributed by atoms with Gasteiger partial charge in [0, 0.05) is 17.7 Å². The molecule has 6 nitrogen and oxygen atoms in total. The molecule has 2 aromatic rings. The van der Waals surface area contributed by atoms with Gasteiger partial charge in [0.25, 0.3) is 5.91 Å². The van der Waals surface area contributed by atoms with Crippen LogP contribution in [0, 0.1) is 0 Å². The van der Waals surface area contributed by atoms with Gasteiger partial charge >= 0.3 is 0 Å². The van der Waals surface area contributed by atoms with E-state index in [0.29, 0.717) is 41.5 Å². The molecular weight excluding hydrogens is 332 g/mol. The molecule has 0 aliphatic rings. The van der Waals surface area contributed by atoms with Crippen molar-refractivity contribution in [2.45, 2.75) is 26.7 Å². The lowest BCUT2D eigenvalue weighted by molar-refractivity contribution is -0.115. The van der Waals surface area contributed by atoms with Gasteiger partial charge in [-0.25, -0.2) is 0 Å². The molecule has 2 amide bonds. The highest BCUT2D eigenvalue weighted by Gasteiger charge is 2.13. The molecule has 0 aromatic heterocycles. The molecule has 0 bridgehead atoms. The summed E-state index contributed by atoms with van der Waals surface area (Å²) in [6.07, 6.45) is 1.19. The molecule has 2 N–H and O–H groups in total. The van der Waals surface area contributed by atoms with E-state index in [1.54, 1.807) is 56.5 Å². The summed E-state index contributed by atoms with van der Waals surface area (Å²) in [4.78, 5) is 24.3. The Balaban J connectivity index is 2.19. The molecule has 0 unspecified atom stereocenters. The molecule has 0 atom stereocenters. The van der Waals surface area contributed by atoms with E-state index in [1.807, 2.05) is 6.92 Å². The van der Waals surface area contributed by atoms with Crippen LogP contribution in [0.2, 0.25) is 0 Å². The van der Waals surface area contributed by atoms with Gasteiger partial charge in [-0.1, -0.05) is 13.8 Å². The molecule has 0 saturated heterocycles. The standard InChI is InChI=1S/C20H24N2O4/c1-4-12-26-18-11-6-14(13-17(18)22-19(23)5-2)20(24)21-15-7-9-16(25-3)10-8-15/h6-11,13H,4-5,12H2,1-3H3,(H,21,24)(H,22,23). The fourth-order valence-electron chi connectivity index (χ4n) is 2.22. The summed E-state index contributed by atoms with van der Waals surface area (Å²) in [5, 5.41) is 5.60. The van der Waals surface area contributed by atoms with Crippen molar-refractivity contribution in [2.75, 3.05) is 24.4 Å². The fourth-order valence-corrected chi connectivity index (χ4v) is 2.22. The topological polar surface area (TPSA) is 76.7 Å². The van der Waals surface area contributed by atoms with E-state index >= 15 is 0 Å². The first kappa shape index (κ1) is 19.3. The van der Waals surface area contributed by atoms with Crippen molar-refractivity contribution < 1.29 is 19.1 Å². The van der Waals surface area contributed by atoms with Crippen molar-refractivity contribution in [3.05, 3.63) is 48.0 Å². The van der Waals surface area contributed by atoms with Gasteiger partial charge in [-0.15, -0.1) is 0 Å². The second kappa shape index (κ2) is 9.46. The fraction of sp³-hybridized carbons (Fsp3) is 0.300. The van der Waals surface area contributed by atoms with Crippen LogP contribution in [0.5, 0.6) is 11.5 Å². The second-order valence-corrected chi connectivity index (χ2v) is 5.64. The van der Waals surface area contributed by atoms with Crippen LogP contribution in [0.1, 0.15) is 37.0 Å². The Morgan fingerprint density at radius 3 is 2.35 bits per heavy atom. The Bertz CT molecular complexity index is 757. The van der Waals surface area contributed by atoms with Crippen LogP contribution < -0.4 is 20.1 Å². The molecule has 2 rings (SSSR count). The summed E-state index contributed by atoms with van der Waals surface area (Å²) in [5.41, 5.74) is 1.57. The Kier molecular flexibility index (Phi) is 7.02. The third-order valence-corrected chi connectivity index (χ3v) is 3.65. The minimum Gasteiger partial charge on any atom is -0.497 e. The summed E-state index contributed by atoms with van der Waals surface area (Å²) in [6.45, 7) is 4.30. The minimum absolute atomic E-state index is 0.140. The summed E-state index contributed by atoms with van der Waals surface area (Å²) in [7, 11) is 1.59. The van der Waals surface area contributed by atoms with Crippen molar-refractivity contribution in [1.29, 1.82) is 0 Å². The van der Waals surface area contributed by atoms with Crippen molar-refractivity contribution in [3.8, 4) is 11.5 Å². The van der Waals surface area contributed by atoms with E-state index in [4.69, 9.17) is 9.47 Å². The average Bonchev–Trinajstić information content (AvgIpc) is 2.67. The SMILES string of the molecule is CCCOc1ccc(C(=O)Nc2ccc(OC)cc2)cc1NC(=O)CC. The first-order valence-corrected chi connectivity index (χ1v) is 8.59. The maximum absolute atomic E-state index is 12.5. The van der Waals surface area contributed by atoms with Crippen LogP contribution >= 0.6 is 0 Å². The largest absolute Gasteiger partial charge is 0.497 e. The number of amides is 2. The zero-order valence-corrected chi connectivity index (χ0v) is 15.3. The van der Waals surface area contributed by atoms with Gasteiger partial charge in [0.15, 0.2) is 0 Å². The smallest absolute Gasteiger partial charge is 0.255 e. The van der Waals surface area contributed by atoms with E-state index < -0.39 is 0 Å². The normalized spacial score (nSPS) is 10.1. The van der Waals surface area contributed by atoms with E-state index in [2.05, 4.69) is 10.6 Å². The molecule has 138 valence electrons. The molecule has 0 fully saturated rings. The molecule has 0 saturated carbocycles. The first-order valence-electron chi connectivity index (χ1n) is 8.59. The van der Waals surface area contributed by atoms with Crippen molar-refractivity contribution in [2.24, 2.45) is 0 Å². The zero-order valence-electron chi connectivity index (χ0n) is 15.3. The lowest BCUT2D eigenvalue weighted by Gasteiger charge is -2.14. The Morgan fingerprint density at radius 1 is 1.00 bits per heavy atom. The van der Waals surface area contributed by atoms with E-state index in [1.165, 1.54) is 0 Å². The van der Waals surface area contributed by atoms with Crippen molar-refractivity contribution in [1.82, 2.24) is 0 Å². The third kappa shape index (κ3) is 5.24. The number of ether oxygens (including phenoxy) is 2. The predicted octanol–water partition coefficient (Wildman–Crippen LogP) is 4.08. The molecule has 6 heteroatoms. The molecule has 0 heterocycles. The summed E-state index contributed by atoms with van der Waals surface area (Å²) in [6, 6.07) is 12.0. The molecule has 0 aliphatic heterocycles. The van der Waals surface area contributed by atoms with Crippen molar-refractivity contribution in [3.63, 3.8) is 0 Å². The number of carbonyl (C=O) groups excluding carboxylic acids is 2. The van der Waals surface area contributed by atoms with Gasteiger partial charge in [-0.05, 0) is 48.9 Å². The van der Waals surface area contributed by atoms with Crippen LogP contribution in [0.4, 0.5) is 11.4 Å². The van der Waals surface area contributed by atoms with Gasteiger partial charge in [0.2, 0.25) is 5.91 Å². The quantitative estimate of drug-likeness (QED) is 0.747.